The third kappa shape index (κ3) is 2.97. The minimum absolute atomic E-state index is 0.00357. The summed E-state index contributed by atoms with van der Waals surface area (Å²) in [5.74, 6) is -0.248. The average Bonchev–Trinajstić information content (AvgIpc) is 2.64. The molecule has 2 rings (SSSR count). The molecule has 1 atom stereocenters. The summed E-state index contributed by atoms with van der Waals surface area (Å²) in [5.41, 5.74) is 2.26. The van der Waals surface area contributed by atoms with E-state index in [1.807, 2.05) is 18.7 Å². The van der Waals surface area contributed by atoms with Crippen molar-refractivity contribution >= 4 is 5.97 Å². The van der Waals surface area contributed by atoms with Gasteiger partial charge < -0.3 is 4.74 Å². The normalized spacial score (nSPS) is 20.2. The molecular formula is C13H19N3O2. The standard InChI is InChI=1S/C13H19N3O2/c1-3-5-13(17)18-10-6-4-7-12-11(9-8-10)14-15-16(12)2/h3,5,10H,4,6-9H2,1-2H3/b5-3+. The lowest BCUT2D eigenvalue weighted by atomic mass is 9.99. The topological polar surface area (TPSA) is 57.0 Å². The molecule has 0 saturated carbocycles. The molecule has 0 spiro atoms. The molecule has 5 heteroatoms. The van der Waals surface area contributed by atoms with E-state index in [9.17, 15) is 4.79 Å². The molecule has 1 heterocycles. The van der Waals surface area contributed by atoms with Crippen molar-refractivity contribution in [2.24, 2.45) is 7.05 Å². The zero-order valence-electron chi connectivity index (χ0n) is 10.9. The highest BCUT2D eigenvalue weighted by Crippen LogP contribution is 2.20. The van der Waals surface area contributed by atoms with Crippen LogP contribution in [-0.2, 0) is 29.4 Å². The smallest absolute Gasteiger partial charge is 0.330 e. The molecule has 0 radical (unpaired) electrons. The minimum Gasteiger partial charge on any atom is -0.459 e. The monoisotopic (exact) mass is 249 g/mol. The van der Waals surface area contributed by atoms with Crippen LogP contribution in [0.25, 0.3) is 0 Å². The Bertz CT molecular complexity index is 451. The maximum atomic E-state index is 11.4. The zero-order chi connectivity index (χ0) is 13.0. The number of allylic oxidation sites excluding steroid dienone is 1. The number of rotatable bonds is 2. The summed E-state index contributed by atoms with van der Waals surface area (Å²) in [6, 6.07) is 0. The Kier molecular flexibility index (Phi) is 4.12. The molecular weight excluding hydrogens is 230 g/mol. The van der Waals surface area contributed by atoms with Crippen LogP contribution in [0.3, 0.4) is 0 Å². The highest BCUT2D eigenvalue weighted by Gasteiger charge is 2.20. The second-order valence-corrected chi connectivity index (χ2v) is 4.60. The number of carbonyl (C=O) groups excluding carboxylic acids is 1. The summed E-state index contributed by atoms with van der Waals surface area (Å²) in [4.78, 5) is 11.4. The van der Waals surface area contributed by atoms with E-state index < -0.39 is 0 Å². The van der Waals surface area contributed by atoms with E-state index in [2.05, 4.69) is 10.3 Å². The van der Waals surface area contributed by atoms with Gasteiger partial charge in [-0.15, -0.1) is 5.10 Å². The van der Waals surface area contributed by atoms with Gasteiger partial charge in [-0.1, -0.05) is 11.3 Å². The number of hydrogen-bond donors (Lipinski definition) is 0. The number of ether oxygens (including phenoxy) is 1. The van der Waals surface area contributed by atoms with Crippen molar-refractivity contribution in [3.8, 4) is 0 Å². The van der Waals surface area contributed by atoms with E-state index in [0.29, 0.717) is 0 Å². The lowest BCUT2D eigenvalue weighted by Gasteiger charge is -2.19. The van der Waals surface area contributed by atoms with Crippen LogP contribution in [0.2, 0.25) is 0 Å². The molecule has 0 aromatic carbocycles. The van der Waals surface area contributed by atoms with Crippen LogP contribution < -0.4 is 0 Å². The first-order valence-electron chi connectivity index (χ1n) is 6.41. The van der Waals surface area contributed by atoms with Crippen LogP contribution >= 0.6 is 0 Å². The Morgan fingerprint density at radius 3 is 3.06 bits per heavy atom. The quantitative estimate of drug-likeness (QED) is 0.589. The largest absolute Gasteiger partial charge is 0.459 e. The number of aryl methyl sites for hydroxylation is 2. The number of carbonyl (C=O) groups is 1. The molecule has 0 N–H and O–H groups in total. The molecule has 1 unspecified atom stereocenters. The summed E-state index contributed by atoms with van der Waals surface area (Å²) in [7, 11) is 1.93. The number of esters is 1. The van der Waals surface area contributed by atoms with Crippen molar-refractivity contribution in [2.45, 2.75) is 45.1 Å². The van der Waals surface area contributed by atoms with Crippen molar-refractivity contribution in [2.75, 3.05) is 0 Å². The van der Waals surface area contributed by atoms with Gasteiger partial charge in [-0.3, -0.25) is 4.68 Å². The van der Waals surface area contributed by atoms with Crippen LogP contribution in [0.1, 0.15) is 37.6 Å². The molecule has 1 aromatic heterocycles. The predicted molar refractivity (Wildman–Crippen MR) is 67.0 cm³/mol. The first-order chi connectivity index (χ1) is 8.70. The third-order valence-electron chi connectivity index (χ3n) is 3.25. The Balaban J connectivity index is 1.98. The fourth-order valence-corrected chi connectivity index (χ4v) is 2.32. The van der Waals surface area contributed by atoms with Gasteiger partial charge in [-0.25, -0.2) is 4.79 Å². The summed E-state index contributed by atoms with van der Waals surface area (Å²) in [6.07, 6.45) is 7.69. The van der Waals surface area contributed by atoms with Crippen LogP contribution in [0.15, 0.2) is 12.2 Å². The van der Waals surface area contributed by atoms with Gasteiger partial charge in [0, 0.05) is 13.1 Å². The number of nitrogens with zero attached hydrogens (tertiary/aromatic N) is 3. The van der Waals surface area contributed by atoms with Crippen LogP contribution in [0.5, 0.6) is 0 Å². The van der Waals surface area contributed by atoms with E-state index >= 15 is 0 Å². The fraction of sp³-hybridized carbons (Fsp3) is 0.615. The van der Waals surface area contributed by atoms with E-state index in [-0.39, 0.29) is 12.1 Å². The molecule has 98 valence electrons. The maximum Gasteiger partial charge on any atom is 0.330 e. The van der Waals surface area contributed by atoms with Crippen molar-refractivity contribution in [3.05, 3.63) is 23.5 Å². The highest BCUT2D eigenvalue weighted by atomic mass is 16.5. The summed E-state index contributed by atoms with van der Waals surface area (Å²) >= 11 is 0. The van der Waals surface area contributed by atoms with Gasteiger partial charge in [0.15, 0.2) is 0 Å². The molecule has 0 fully saturated rings. The first kappa shape index (κ1) is 12.8. The molecule has 0 aliphatic heterocycles. The predicted octanol–water partition coefficient (Wildman–Crippen LogP) is 1.57. The van der Waals surface area contributed by atoms with Gasteiger partial charge in [-0.2, -0.15) is 0 Å². The number of hydrogen-bond acceptors (Lipinski definition) is 4. The first-order valence-corrected chi connectivity index (χ1v) is 6.41. The van der Waals surface area contributed by atoms with Gasteiger partial charge in [0.05, 0.1) is 11.4 Å². The number of fused-ring (bicyclic) bond motifs is 1. The van der Waals surface area contributed by atoms with Gasteiger partial charge in [0.25, 0.3) is 0 Å². The van der Waals surface area contributed by atoms with E-state index in [4.69, 9.17) is 4.74 Å². The van der Waals surface area contributed by atoms with Crippen molar-refractivity contribution < 1.29 is 9.53 Å². The van der Waals surface area contributed by atoms with Gasteiger partial charge in [0.1, 0.15) is 6.10 Å². The molecule has 5 nitrogen and oxygen atoms in total. The third-order valence-corrected chi connectivity index (χ3v) is 3.25. The van der Waals surface area contributed by atoms with E-state index in [0.717, 1.165) is 37.8 Å². The summed E-state index contributed by atoms with van der Waals surface area (Å²) in [5, 5.41) is 8.21. The maximum absolute atomic E-state index is 11.4. The Labute approximate surface area is 107 Å². The molecule has 1 aliphatic carbocycles. The van der Waals surface area contributed by atoms with Crippen molar-refractivity contribution in [1.29, 1.82) is 0 Å². The number of aromatic nitrogens is 3. The van der Waals surface area contributed by atoms with Crippen LogP contribution in [0, 0.1) is 0 Å². The molecule has 0 bridgehead atoms. The van der Waals surface area contributed by atoms with Gasteiger partial charge in [0.2, 0.25) is 0 Å². The lowest BCUT2D eigenvalue weighted by molar-refractivity contribution is -0.143. The second kappa shape index (κ2) is 5.80. The van der Waals surface area contributed by atoms with Crippen molar-refractivity contribution in [1.82, 2.24) is 15.0 Å². The lowest BCUT2D eigenvalue weighted by Crippen LogP contribution is -2.20. The van der Waals surface area contributed by atoms with Gasteiger partial charge >= 0.3 is 5.97 Å². The zero-order valence-corrected chi connectivity index (χ0v) is 10.9. The Morgan fingerprint density at radius 2 is 2.28 bits per heavy atom. The summed E-state index contributed by atoms with van der Waals surface area (Å²) in [6.45, 7) is 1.81. The SMILES string of the molecule is C/C=C/C(=O)OC1CCCc2c(nnn2C)CC1. The van der Waals surface area contributed by atoms with Crippen LogP contribution in [0.4, 0.5) is 0 Å². The fourth-order valence-electron chi connectivity index (χ4n) is 2.32. The minimum atomic E-state index is -0.248. The molecule has 0 amide bonds. The van der Waals surface area contributed by atoms with Crippen LogP contribution in [-0.4, -0.2) is 27.1 Å². The Morgan fingerprint density at radius 1 is 1.44 bits per heavy atom. The van der Waals surface area contributed by atoms with Gasteiger partial charge in [-0.05, 0) is 39.0 Å². The van der Waals surface area contributed by atoms with Crippen molar-refractivity contribution in [3.63, 3.8) is 0 Å². The highest BCUT2D eigenvalue weighted by molar-refractivity contribution is 5.81. The summed E-state index contributed by atoms with van der Waals surface area (Å²) < 4.78 is 7.26. The Hall–Kier alpha value is -1.65. The molecule has 1 aromatic rings. The average molecular weight is 249 g/mol. The second-order valence-electron chi connectivity index (χ2n) is 4.60. The van der Waals surface area contributed by atoms with E-state index in [1.165, 1.54) is 11.8 Å². The van der Waals surface area contributed by atoms with E-state index in [1.54, 1.807) is 6.08 Å². The molecule has 1 aliphatic rings. The molecule has 0 saturated heterocycles. The molecule has 18 heavy (non-hydrogen) atoms.